The van der Waals surface area contributed by atoms with Crippen molar-refractivity contribution in [3.8, 4) is 0 Å². The van der Waals surface area contributed by atoms with Crippen LogP contribution in [0.25, 0.3) is 10.8 Å². The van der Waals surface area contributed by atoms with Gasteiger partial charge in [-0.05, 0) is 29.3 Å². The molecule has 3 N–H and O–H groups in total. The molecule has 156 valence electrons. The van der Waals surface area contributed by atoms with Gasteiger partial charge in [0.1, 0.15) is 11.4 Å². The van der Waals surface area contributed by atoms with Gasteiger partial charge in [0.25, 0.3) is 5.91 Å². The van der Waals surface area contributed by atoms with Gasteiger partial charge in [-0.1, -0.05) is 41.7 Å². The molecular weight excluding hydrogens is 404 g/mol. The van der Waals surface area contributed by atoms with E-state index >= 15 is 0 Å². The number of rotatable bonds is 7. The van der Waals surface area contributed by atoms with Gasteiger partial charge in [0.15, 0.2) is 10.9 Å². The average molecular weight is 426 g/mol. The fourth-order valence-electron chi connectivity index (χ4n) is 3.43. The predicted octanol–water partition coefficient (Wildman–Crippen LogP) is 3.27. The number of aliphatic carboxylic acids is 1. The van der Waals surface area contributed by atoms with Crippen LogP contribution in [-0.2, 0) is 9.53 Å². The topological polar surface area (TPSA) is 104 Å². The van der Waals surface area contributed by atoms with Crippen LogP contribution >= 0.6 is 11.3 Å². The van der Waals surface area contributed by atoms with Crippen molar-refractivity contribution in [3.63, 3.8) is 0 Å². The molecule has 4 rings (SSSR count). The summed E-state index contributed by atoms with van der Waals surface area (Å²) in [5.41, 5.74) is 0.665. The second-order valence-electron chi connectivity index (χ2n) is 7.03. The van der Waals surface area contributed by atoms with E-state index in [-0.39, 0.29) is 24.4 Å². The van der Waals surface area contributed by atoms with Gasteiger partial charge >= 0.3 is 5.97 Å². The van der Waals surface area contributed by atoms with Crippen molar-refractivity contribution < 1.29 is 19.4 Å². The number of anilines is 3. The highest BCUT2D eigenvalue weighted by Gasteiger charge is 2.27. The standard InChI is InChI=1S/C21H22N4O4S/c1-29-16-8-9-25(12-16)21-24-19(22-11-17(26)27)18(30-21)20(28)23-15-7-6-13-4-2-3-5-14(13)10-15/h2-7,10,16,22H,8-9,11-12H2,1H3,(H,23,28)(H,26,27). The first-order valence-electron chi connectivity index (χ1n) is 9.58. The lowest BCUT2D eigenvalue weighted by Gasteiger charge is -2.13. The number of carboxylic acid groups (broad SMARTS) is 1. The Morgan fingerprint density at radius 2 is 2.07 bits per heavy atom. The van der Waals surface area contributed by atoms with Crippen LogP contribution in [0.3, 0.4) is 0 Å². The van der Waals surface area contributed by atoms with Gasteiger partial charge in [-0.25, -0.2) is 4.98 Å². The molecule has 0 saturated carbocycles. The van der Waals surface area contributed by atoms with Gasteiger partial charge in [-0.15, -0.1) is 0 Å². The molecule has 1 saturated heterocycles. The summed E-state index contributed by atoms with van der Waals surface area (Å²) < 4.78 is 5.40. The maximum absolute atomic E-state index is 13.0. The monoisotopic (exact) mass is 426 g/mol. The molecule has 1 atom stereocenters. The number of carboxylic acids is 1. The molecule has 30 heavy (non-hydrogen) atoms. The number of nitrogens with one attached hydrogen (secondary N) is 2. The summed E-state index contributed by atoms with van der Waals surface area (Å²) in [7, 11) is 1.68. The second kappa shape index (κ2) is 8.68. The SMILES string of the molecule is COC1CCN(c2nc(NCC(=O)O)c(C(=O)Nc3ccc4ccccc4c3)s2)C1. The molecule has 2 aromatic carbocycles. The molecule has 1 aromatic heterocycles. The summed E-state index contributed by atoms with van der Waals surface area (Å²) in [6, 6.07) is 13.6. The Bertz CT molecular complexity index is 1080. The first kappa shape index (κ1) is 20.1. The number of ether oxygens (including phenoxy) is 1. The molecular formula is C21H22N4O4S. The second-order valence-corrected chi connectivity index (χ2v) is 8.01. The molecule has 0 bridgehead atoms. The minimum absolute atomic E-state index is 0.124. The van der Waals surface area contributed by atoms with E-state index in [0.29, 0.717) is 22.2 Å². The lowest BCUT2D eigenvalue weighted by Crippen LogP contribution is -2.22. The highest BCUT2D eigenvalue weighted by atomic mass is 32.1. The normalized spacial score (nSPS) is 16.0. The summed E-state index contributed by atoms with van der Waals surface area (Å²) in [6.07, 6.45) is 1.01. The van der Waals surface area contributed by atoms with Crippen molar-refractivity contribution >= 4 is 50.6 Å². The minimum Gasteiger partial charge on any atom is -0.480 e. The average Bonchev–Trinajstić information content (AvgIpc) is 3.39. The zero-order valence-corrected chi connectivity index (χ0v) is 17.2. The number of methoxy groups -OCH3 is 1. The first-order chi connectivity index (χ1) is 14.5. The summed E-state index contributed by atoms with van der Waals surface area (Å²) >= 11 is 1.24. The number of benzene rings is 2. The van der Waals surface area contributed by atoms with Gasteiger partial charge in [0, 0.05) is 25.9 Å². The number of nitrogens with zero attached hydrogens (tertiary/aromatic N) is 2. The fourth-order valence-corrected chi connectivity index (χ4v) is 4.40. The number of amides is 1. The lowest BCUT2D eigenvalue weighted by molar-refractivity contribution is -0.134. The van der Waals surface area contributed by atoms with Crippen LogP contribution < -0.4 is 15.5 Å². The van der Waals surface area contributed by atoms with Gasteiger partial charge < -0.3 is 25.4 Å². The van der Waals surface area contributed by atoms with Crippen LogP contribution in [-0.4, -0.2) is 54.8 Å². The minimum atomic E-state index is -1.02. The number of thiazole rings is 1. The van der Waals surface area contributed by atoms with Gasteiger partial charge in [0.05, 0.1) is 6.10 Å². The molecule has 0 aliphatic carbocycles. The number of carbonyl (C=O) groups excluding carboxylic acids is 1. The molecule has 1 aliphatic rings. The van der Waals surface area contributed by atoms with E-state index in [2.05, 4.69) is 20.5 Å². The van der Waals surface area contributed by atoms with E-state index in [0.717, 1.165) is 23.7 Å². The quantitative estimate of drug-likeness (QED) is 0.533. The third-order valence-corrected chi connectivity index (χ3v) is 6.10. The molecule has 0 radical (unpaired) electrons. The van der Waals surface area contributed by atoms with E-state index in [4.69, 9.17) is 9.84 Å². The molecule has 1 amide bonds. The van der Waals surface area contributed by atoms with Crippen molar-refractivity contribution in [3.05, 3.63) is 47.3 Å². The zero-order chi connectivity index (χ0) is 21.1. The van der Waals surface area contributed by atoms with Crippen molar-refractivity contribution in [2.45, 2.75) is 12.5 Å². The van der Waals surface area contributed by atoms with Gasteiger partial charge in [-0.3, -0.25) is 9.59 Å². The van der Waals surface area contributed by atoms with Crippen molar-refractivity contribution in [2.75, 3.05) is 42.3 Å². The highest BCUT2D eigenvalue weighted by molar-refractivity contribution is 7.18. The van der Waals surface area contributed by atoms with Crippen molar-refractivity contribution in [1.82, 2.24) is 4.98 Å². The number of hydrogen-bond acceptors (Lipinski definition) is 7. The first-order valence-corrected chi connectivity index (χ1v) is 10.4. The van der Waals surface area contributed by atoms with Crippen molar-refractivity contribution in [1.29, 1.82) is 0 Å². The highest BCUT2D eigenvalue weighted by Crippen LogP contribution is 2.33. The summed E-state index contributed by atoms with van der Waals surface area (Å²) in [6.45, 7) is 1.14. The third kappa shape index (κ3) is 4.37. The van der Waals surface area contributed by atoms with E-state index in [9.17, 15) is 9.59 Å². The van der Waals surface area contributed by atoms with Crippen LogP contribution in [0.5, 0.6) is 0 Å². The molecule has 1 aliphatic heterocycles. The van der Waals surface area contributed by atoms with Crippen LogP contribution in [0, 0.1) is 0 Å². The molecule has 1 fully saturated rings. The molecule has 1 unspecified atom stereocenters. The van der Waals surface area contributed by atoms with Crippen LogP contribution in [0.1, 0.15) is 16.1 Å². The maximum Gasteiger partial charge on any atom is 0.322 e. The Morgan fingerprint density at radius 1 is 1.27 bits per heavy atom. The molecule has 0 spiro atoms. The summed E-state index contributed by atoms with van der Waals surface area (Å²) in [5, 5.41) is 17.5. The van der Waals surface area contributed by atoms with Gasteiger partial charge in [-0.2, -0.15) is 0 Å². The summed E-state index contributed by atoms with van der Waals surface area (Å²) in [5.74, 6) is -1.08. The molecule has 8 nitrogen and oxygen atoms in total. The Morgan fingerprint density at radius 3 is 2.80 bits per heavy atom. The summed E-state index contributed by atoms with van der Waals surface area (Å²) in [4.78, 5) is 30.9. The van der Waals surface area contributed by atoms with Gasteiger partial charge in [0.2, 0.25) is 0 Å². The van der Waals surface area contributed by atoms with Crippen LogP contribution in [0.4, 0.5) is 16.6 Å². The van der Waals surface area contributed by atoms with E-state index in [1.54, 1.807) is 7.11 Å². The van der Waals surface area contributed by atoms with Crippen molar-refractivity contribution in [2.24, 2.45) is 0 Å². The third-order valence-electron chi connectivity index (χ3n) is 4.99. The maximum atomic E-state index is 13.0. The van der Waals surface area contributed by atoms with Crippen LogP contribution in [0.15, 0.2) is 42.5 Å². The molecule has 9 heteroatoms. The fraction of sp³-hybridized carbons (Fsp3) is 0.286. The Hall–Kier alpha value is -3.17. The number of aromatic nitrogens is 1. The van der Waals surface area contributed by atoms with E-state index in [1.165, 1.54) is 11.3 Å². The molecule has 2 heterocycles. The Labute approximate surface area is 177 Å². The number of fused-ring (bicyclic) bond motifs is 1. The lowest BCUT2D eigenvalue weighted by atomic mass is 10.1. The smallest absolute Gasteiger partial charge is 0.322 e. The predicted molar refractivity (Wildman–Crippen MR) is 118 cm³/mol. The van der Waals surface area contributed by atoms with E-state index in [1.807, 2.05) is 42.5 Å². The number of carbonyl (C=O) groups is 2. The Kier molecular flexibility index (Phi) is 5.82. The largest absolute Gasteiger partial charge is 0.480 e. The number of hydrogen-bond donors (Lipinski definition) is 3. The molecule has 3 aromatic rings. The zero-order valence-electron chi connectivity index (χ0n) is 16.4. The Balaban J connectivity index is 1.58. The van der Waals surface area contributed by atoms with Crippen LogP contribution in [0.2, 0.25) is 0 Å². The van der Waals surface area contributed by atoms with E-state index < -0.39 is 5.97 Å².